The van der Waals surface area contributed by atoms with Gasteiger partial charge in [-0.1, -0.05) is 37.3 Å². The van der Waals surface area contributed by atoms with E-state index in [-0.39, 0.29) is 17.7 Å². The maximum Gasteiger partial charge on any atom is 0.339 e. The van der Waals surface area contributed by atoms with Crippen LogP contribution in [-0.2, 0) is 9.53 Å². The molecule has 0 aliphatic rings. The van der Waals surface area contributed by atoms with Crippen molar-refractivity contribution in [3.8, 4) is 11.3 Å². The van der Waals surface area contributed by atoms with Crippen molar-refractivity contribution in [2.75, 3.05) is 11.9 Å². The number of fused-ring (bicyclic) bond motifs is 1. The number of nitrogens with zero attached hydrogens (tertiary/aromatic N) is 3. The molecule has 0 aliphatic heterocycles. The van der Waals surface area contributed by atoms with Gasteiger partial charge in [-0.25, -0.2) is 14.5 Å². The van der Waals surface area contributed by atoms with Crippen LogP contribution < -0.4 is 5.32 Å². The predicted molar refractivity (Wildman–Crippen MR) is 133 cm³/mol. The highest BCUT2D eigenvalue weighted by molar-refractivity contribution is 6.05. The van der Waals surface area contributed by atoms with E-state index in [0.717, 1.165) is 5.56 Å². The standard InChI is InChI=1S/C27H26N4O4/c1-4-25(33)29-20-12-10-19(11-13-20)24(32)16-35-27(34)21-14-23(18-8-6-5-7-9-18)30-26-22(21)15-28-31(26)17(2)3/h5-15,17H,4,16H2,1-3H3,(H,29,33). The SMILES string of the molecule is CCC(=O)Nc1ccc(C(=O)COC(=O)c2cc(-c3ccccc3)nc3c2cnn3C(C)C)cc1. The molecule has 0 fully saturated rings. The van der Waals surface area contributed by atoms with Crippen LogP contribution in [0.2, 0.25) is 0 Å². The molecule has 8 heteroatoms. The molecule has 0 bridgehead atoms. The van der Waals surface area contributed by atoms with Gasteiger partial charge in [0, 0.05) is 29.3 Å². The minimum absolute atomic E-state index is 0.0431. The first-order chi connectivity index (χ1) is 16.9. The number of rotatable bonds is 8. The normalized spacial score (nSPS) is 11.0. The number of hydrogen-bond acceptors (Lipinski definition) is 6. The molecule has 0 atom stereocenters. The minimum Gasteiger partial charge on any atom is -0.454 e. The first-order valence-electron chi connectivity index (χ1n) is 11.4. The van der Waals surface area contributed by atoms with Gasteiger partial charge in [0.25, 0.3) is 0 Å². The number of Topliss-reactive ketones (excluding diaryl/α,β-unsaturated/α-hetero) is 1. The van der Waals surface area contributed by atoms with Crippen LogP contribution in [0.5, 0.6) is 0 Å². The van der Waals surface area contributed by atoms with E-state index in [1.165, 1.54) is 0 Å². The van der Waals surface area contributed by atoms with Gasteiger partial charge >= 0.3 is 5.97 Å². The quantitative estimate of drug-likeness (QED) is 0.285. The Balaban J connectivity index is 1.56. The number of amides is 1. The second kappa shape index (κ2) is 10.3. The molecule has 8 nitrogen and oxygen atoms in total. The Morgan fingerprint density at radius 2 is 1.74 bits per heavy atom. The Hall–Kier alpha value is -4.33. The lowest BCUT2D eigenvalue weighted by atomic mass is 10.1. The second-order valence-electron chi connectivity index (χ2n) is 8.32. The largest absolute Gasteiger partial charge is 0.454 e. The summed E-state index contributed by atoms with van der Waals surface area (Å²) in [7, 11) is 0. The Morgan fingerprint density at radius 3 is 2.40 bits per heavy atom. The number of anilines is 1. The van der Waals surface area contributed by atoms with E-state index in [4.69, 9.17) is 9.72 Å². The topological polar surface area (TPSA) is 103 Å². The van der Waals surface area contributed by atoms with Crippen LogP contribution in [0.25, 0.3) is 22.3 Å². The number of carbonyl (C=O) groups excluding carboxylic acids is 3. The molecule has 178 valence electrons. The van der Waals surface area contributed by atoms with Gasteiger partial charge in [0.2, 0.25) is 5.91 Å². The van der Waals surface area contributed by atoms with Gasteiger partial charge < -0.3 is 10.1 Å². The molecule has 2 aromatic carbocycles. The zero-order valence-electron chi connectivity index (χ0n) is 19.8. The van der Waals surface area contributed by atoms with Crippen LogP contribution in [-0.4, -0.2) is 39.0 Å². The Morgan fingerprint density at radius 1 is 1.03 bits per heavy atom. The van der Waals surface area contributed by atoms with Crippen LogP contribution in [0, 0.1) is 0 Å². The fraction of sp³-hybridized carbons (Fsp3) is 0.222. The molecule has 35 heavy (non-hydrogen) atoms. The van der Waals surface area contributed by atoms with Crippen LogP contribution in [0.3, 0.4) is 0 Å². The fourth-order valence-electron chi connectivity index (χ4n) is 3.60. The zero-order valence-corrected chi connectivity index (χ0v) is 19.8. The van der Waals surface area contributed by atoms with Crippen LogP contribution in [0.4, 0.5) is 5.69 Å². The van der Waals surface area contributed by atoms with Crippen molar-refractivity contribution in [3.05, 3.63) is 78.0 Å². The number of esters is 1. The van der Waals surface area contributed by atoms with E-state index in [9.17, 15) is 14.4 Å². The summed E-state index contributed by atoms with van der Waals surface area (Å²) in [6, 6.07) is 17.7. The van der Waals surface area contributed by atoms with Gasteiger partial charge in [-0.15, -0.1) is 0 Å². The lowest BCUT2D eigenvalue weighted by molar-refractivity contribution is -0.115. The van der Waals surface area contributed by atoms with Gasteiger partial charge in [-0.2, -0.15) is 5.10 Å². The highest BCUT2D eigenvalue weighted by Gasteiger charge is 2.20. The van der Waals surface area contributed by atoms with Gasteiger partial charge in [0.1, 0.15) is 0 Å². The summed E-state index contributed by atoms with van der Waals surface area (Å²) in [5, 5.41) is 7.69. The van der Waals surface area contributed by atoms with Crippen LogP contribution in [0.1, 0.15) is 53.9 Å². The lowest BCUT2D eigenvalue weighted by Gasteiger charge is -2.11. The molecule has 2 heterocycles. The number of ketones is 1. The molecule has 1 N–H and O–H groups in total. The third kappa shape index (κ3) is 5.27. The predicted octanol–water partition coefficient (Wildman–Crippen LogP) is 5.07. The summed E-state index contributed by atoms with van der Waals surface area (Å²) in [4.78, 5) is 42.0. The summed E-state index contributed by atoms with van der Waals surface area (Å²) >= 11 is 0. The molecule has 0 unspecified atom stereocenters. The minimum atomic E-state index is -0.627. The van der Waals surface area contributed by atoms with E-state index in [1.807, 2.05) is 44.2 Å². The number of ether oxygens (including phenoxy) is 1. The molecule has 4 rings (SSSR count). The number of benzene rings is 2. The van der Waals surface area contributed by atoms with Crippen molar-refractivity contribution in [2.24, 2.45) is 0 Å². The van der Waals surface area contributed by atoms with Crippen LogP contribution >= 0.6 is 0 Å². The molecule has 0 aliphatic carbocycles. The molecular weight excluding hydrogens is 444 g/mol. The number of hydrogen-bond donors (Lipinski definition) is 1. The van der Waals surface area contributed by atoms with E-state index in [2.05, 4.69) is 10.4 Å². The molecule has 4 aromatic rings. The van der Waals surface area contributed by atoms with Crippen LogP contribution in [0.15, 0.2) is 66.9 Å². The molecule has 0 spiro atoms. The first kappa shape index (κ1) is 23.8. The summed E-state index contributed by atoms with van der Waals surface area (Å²) in [5.41, 5.74) is 3.32. The summed E-state index contributed by atoms with van der Waals surface area (Å²) in [6.45, 7) is 5.31. The van der Waals surface area contributed by atoms with E-state index < -0.39 is 12.6 Å². The van der Waals surface area contributed by atoms with Gasteiger partial charge in [0.05, 0.1) is 22.8 Å². The van der Waals surface area contributed by atoms with Crippen molar-refractivity contribution in [2.45, 2.75) is 33.2 Å². The lowest BCUT2D eigenvalue weighted by Crippen LogP contribution is -2.15. The molecule has 2 aromatic heterocycles. The Bertz CT molecular complexity index is 1380. The number of nitrogens with one attached hydrogen (secondary N) is 1. The second-order valence-corrected chi connectivity index (χ2v) is 8.32. The Kier molecular flexibility index (Phi) is 7.01. The fourth-order valence-corrected chi connectivity index (χ4v) is 3.60. The first-order valence-corrected chi connectivity index (χ1v) is 11.4. The molecule has 0 radical (unpaired) electrons. The smallest absolute Gasteiger partial charge is 0.339 e. The maximum absolute atomic E-state index is 13.1. The third-order valence-electron chi connectivity index (χ3n) is 5.49. The summed E-state index contributed by atoms with van der Waals surface area (Å²) in [5.74, 6) is -1.09. The van der Waals surface area contributed by atoms with E-state index >= 15 is 0 Å². The number of carbonyl (C=O) groups is 3. The van der Waals surface area contributed by atoms with Crippen molar-refractivity contribution in [3.63, 3.8) is 0 Å². The van der Waals surface area contributed by atoms with E-state index in [1.54, 1.807) is 48.1 Å². The van der Waals surface area contributed by atoms with Gasteiger partial charge in [-0.05, 0) is 44.2 Å². The van der Waals surface area contributed by atoms with Crippen molar-refractivity contribution in [1.29, 1.82) is 0 Å². The molecular formula is C27H26N4O4. The average molecular weight is 471 g/mol. The number of pyridine rings is 1. The zero-order chi connectivity index (χ0) is 24.9. The van der Waals surface area contributed by atoms with Gasteiger partial charge in [0.15, 0.2) is 18.0 Å². The summed E-state index contributed by atoms with van der Waals surface area (Å²) in [6.07, 6.45) is 1.96. The highest BCUT2D eigenvalue weighted by atomic mass is 16.5. The molecule has 1 amide bonds. The molecule has 0 saturated carbocycles. The van der Waals surface area contributed by atoms with Crippen molar-refractivity contribution >= 4 is 34.4 Å². The van der Waals surface area contributed by atoms with Crippen molar-refractivity contribution < 1.29 is 19.1 Å². The monoisotopic (exact) mass is 470 g/mol. The van der Waals surface area contributed by atoms with Crippen molar-refractivity contribution in [1.82, 2.24) is 14.8 Å². The maximum atomic E-state index is 13.1. The highest BCUT2D eigenvalue weighted by Crippen LogP contribution is 2.27. The van der Waals surface area contributed by atoms with Gasteiger partial charge in [-0.3, -0.25) is 9.59 Å². The number of aromatic nitrogens is 3. The Labute approximate surface area is 202 Å². The average Bonchev–Trinajstić information content (AvgIpc) is 3.32. The van der Waals surface area contributed by atoms with E-state index in [0.29, 0.717) is 40.0 Å². The third-order valence-corrected chi connectivity index (χ3v) is 5.49. The summed E-state index contributed by atoms with van der Waals surface area (Å²) < 4.78 is 7.15. The molecule has 0 saturated heterocycles.